The van der Waals surface area contributed by atoms with Gasteiger partial charge in [-0.25, -0.2) is 0 Å². The van der Waals surface area contributed by atoms with Crippen LogP contribution in [-0.2, 0) is 5.66 Å². The summed E-state index contributed by atoms with van der Waals surface area (Å²) in [6, 6.07) is 17.4. The normalized spacial score (nSPS) is 18.6. The first kappa shape index (κ1) is 16.0. The van der Waals surface area contributed by atoms with Crippen molar-refractivity contribution in [3.05, 3.63) is 77.5 Å². The molecule has 0 bridgehead atoms. The van der Waals surface area contributed by atoms with Gasteiger partial charge in [0.2, 0.25) is 0 Å². The summed E-state index contributed by atoms with van der Waals surface area (Å²) in [5.41, 5.74) is 9.58. The average Bonchev–Trinajstić information content (AvgIpc) is 3.10. The van der Waals surface area contributed by atoms with Crippen molar-refractivity contribution >= 4 is 22.7 Å². The molecule has 26 heavy (non-hydrogen) atoms. The summed E-state index contributed by atoms with van der Waals surface area (Å²) in [5.74, 6) is 0.780. The minimum absolute atomic E-state index is 0.517. The molecule has 1 atom stereocenters. The Kier molecular flexibility index (Phi) is 3.76. The lowest BCUT2D eigenvalue weighted by Gasteiger charge is -2.20. The van der Waals surface area contributed by atoms with E-state index in [9.17, 15) is 0 Å². The topological polar surface area (TPSA) is 84.3 Å². The van der Waals surface area contributed by atoms with Crippen LogP contribution in [0.25, 0.3) is 16.5 Å². The first-order valence-electron chi connectivity index (χ1n) is 8.14. The summed E-state index contributed by atoms with van der Waals surface area (Å²) < 4.78 is 5.29. The Morgan fingerprint density at radius 3 is 2.81 bits per heavy atom. The van der Waals surface area contributed by atoms with Crippen LogP contribution in [0.15, 0.2) is 65.8 Å². The maximum atomic E-state index is 9.07. The highest BCUT2D eigenvalue weighted by atomic mass is 16.5. The number of nitrogens with zero attached hydrogens (tertiary/aromatic N) is 3. The van der Waals surface area contributed by atoms with Gasteiger partial charge < -0.3 is 4.74 Å². The molecule has 0 aliphatic carbocycles. The van der Waals surface area contributed by atoms with Gasteiger partial charge in [-0.1, -0.05) is 30.3 Å². The predicted octanol–water partition coefficient (Wildman–Crippen LogP) is 3.39. The number of methoxy groups -OCH3 is 1. The predicted molar refractivity (Wildman–Crippen MR) is 102 cm³/mol. The van der Waals surface area contributed by atoms with Crippen molar-refractivity contribution in [2.45, 2.75) is 5.66 Å². The number of aromatic nitrogens is 1. The standard InChI is InChI=1S/C21H16N4O/c1-26-18-6-2-4-15(9-18)17-10-21(23,25-13-17)19-7-3-5-16-8-14(11-22)12-24-20(16)19/h2-10,12-13H,23H2,1H3. The molecule has 5 heteroatoms. The van der Waals surface area contributed by atoms with Crippen LogP contribution in [0.1, 0.15) is 16.7 Å². The molecule has 0 fully saturated rings. The molecule has 126 valence electrons. The van der Waals surface area contributed by atoms with Gasteiger partial charge in [0.25, 0.3) is 0 Å². The number of benzene rings is 2. The number of fused-ring (bicyclic) bond motifs is 1. The Morgan fingerprint density at radius 1 is 1.15 bits per heavy atom. The fourth-order valence-electron chi connectivity index (χ4n) is 3.14. The Balaban J connectivity index is 1.81. The lowest BCUT2D eigenvalue weighted by Crippen LogP contribution is -2.31. The molecule has 0 radical (unpaired) electrons. The van der Waals surface area contributed by atoms with E-state index in [0.717, 1.165) is 33.4 Å². The molecule has 2 aromatic carbocycles. The number of allylic oxidation sites excluding steroid dienone is 1. The molecule has 5 nitrogen and oxygen atoms in total. The van der Waals surface area contributed by atoms with E-state index in [-0.39, 0.29) is 0 Å². The number of ether oxygens (including phenoxy) is 1. The van der Waals surface area contributed by atoms with Gasteiger partial charge in [0.15, 0.2) is 5.66 Å². The van der Waals surface area contributed by atoms with E-state index >= 15 is 0 Å². The third-order valence-electron chi connectivity index (χ3n) is 4.47. The monoisotopic (exact) mass is 340 g/mol. The van der Waals surface area contributed by atoms with E-state index < -0.39 is 5.66 Å². The van der Waals surface area contributed by atoms with E-state index in [2.05, 4.69) is 16.0 Å². The number of pyridine rings is 1. The Hall–Kier alpha value is -3.49. The highest BCUT2D eigenvalue weighted by Crippen LogP contribution is 2.34. The number of nitrogens with two attached hydrogens (primary N) is 1. The first-order chi connectivity index (χ1) is 12.6. The zero-order valence-electron chi connectivity index (χ0n) is 14.2. The maximum Gasteiger partial charge on any atom is 0.155 e. The highest BCUT2D eigenvalue weighted by molar-refractivity contribution is 6.12. The van der Waals surface area contributed by atoms with Gasteiger partial charge in [0.05, 0.1) is 18.2 Å². The molecule has 1 aromatic heterocycles. The molecular weight excluding hydrogens is 324 g/mol. The van der Waals surface area contributed by atoms with Gasteiger partial charge in [-0.3, -0.25) is 15.7 Å². The van der Waals surface area contributed by atoms with Gasteiger partial charge in [-0.2, -0.15) is 5.26 Å². The highest BCUT2D eigenvalue weighted by Gasteiger charge is 2.30. The van der Waals surface area contributed by atoms with Crippen molar-refractivity contribution in [1.82, 2.24) is 4.98 Å². The van der Waals surface area contributed by atoms with Crippen molar-refractivity contribution < 1.29 is 4.74 Å². The fraction of sp³-hybridized carbons (Fsp3) is 0.0952. The van der Waals surface area contributed by atoms with Crippen molar-refractivity contribution in [2.75, 3.05) is 7.11 Å². The second-order valence-corrected chi connectivity index (χ2v) is 6.13. The second kappa shape index (κ2) is 6.10. The van der Waals surface area contributed by atoms with E-state index in [1.165, 1.54) is 0 Å². The molecule has 3 aromatic rings. The minimum atomic E-state index is -1.00. The molecule has 0 saturated heterocycles. The van der Waals surface area contributed by atoms with Crippen LogP contribution in [0, 0.1) is 11.3 Å². The molecule has 2 N–H and O–H groups in total. The van der Waals surface area contributed by atoms with Gasteiger partial charge in [-0.15, -0.1) is 0 Å². The largest absolute Gasteiger partial charge is 0.497 e. The Bertz CT molecular complexity index is 1110. The Morgan fingerprint density at radius 2 is 2.00 bits per heavy atom. The first-order valence-corrected chi connectivity index (χ1v) is 8.14. The number of rotatable bonds is 3. The van der Waals surface area contributed by atoms with E-state index in [4.69, 9.17) is 15.7 Å². The van der Waals surface area contributed by atoms with Crippen LogP contribution in [0.2, 0.25) is 0 Å². The SMILES string of the molecule is COc1cccc(C2=CC(N)(c3cccc4cc(C#N)cnc34)N=C2)c1. The van der Waals surface area contributed by atoms with Crippen LogP contribution in [-0.4, -0.2) is 18.3 Å². The van der Waals surface area contributed by atoms with Gasteiger partial charge in [-0.05, 0) is 35.4 Å². The molecule has 4 rings (SSSR count). The third kappa shape index (κ3) is 2.63. The Labute approximate surface area is 151 Å². The molecule has 0 spiro atoms. The third-order valence-corrected chi connectivity index (χ3v) is 4.47. The quantitative estimate of drug-likeness (QED) is 0.792. The summed E-state index contributed by atoms with van der Waals surface area (Å²) in [7, 11) is 1.64. The zero-order chi connectivity index (χ0) is 18.1. The van der Waals surface area contributed by atoms with E-state index in [0.29, 0.717) is 5.56 Å². The molecule has 1 unspecified atom stereocenters. The van der Waals surface area contributed by atoms with Gasteiger partial charge >= 0.3 is 0 Å². The summed E-state index contributed by atoms with van der Waals surface area (Å²) >= 11 is 0. The number of para-hydroxylation sites is 1. The smallest absolute Gasteiger partial charge is 0.155 e. The van der Waals surface area contributed by atoms with Crippen LogP contribution >= 0.6 is 0 Å². The molecule has 1 aliphatic heterocycles. The van der Waals surface area contributed by atoms with Crippen molar-refractivity contribution in [1.29, 1.82) is 5.26 Å². The van der Waals surface area contributed by atoms with Crippen LogP contribution in [0.4, 0.5) is 0 Å². The number of aliphatic imine (C=N–C) groups is 1. The maximum absolute atomic E-state index is 9.07. The van der Waals surface area contributed by atoms with Crippen molar-refractivity contribution in [3.8, 4) is 11.8 Å². The summed E-state index contributed by atoms with van der Waals surface area (Å²) in [4.78, 5) is 9.00. The lowest BCUT2D eigenvalue weighted by atomic mass is 9.95. The summed E-state index contributed by atoms with van der Waals surface area (Å²) in [6.45, 7) is 0. The fourth-order valence-corrected chi connectivity index (χ4v) is 3.14. The van der Waals surface area contributed by atoms with E-state index in [1.54, 1.807) is 25.6 Å². The van der Waals surface area contributed by atoms with Crippen LogP contribution in [0.3, 0.4) is 0 Å². The van der Waals surface area contributed by atoms with Crippen molar-refractivity contribution in [2.24, 2.45) is 10.7 Å². The lowest BCUT2D eigenvalue weighted by molar-refractivity contribution is 0.414. The van der Waals surface area contributed by atoms with Crippen molar-refractivity contribution in [3.63, 3.8) is 0 Å². The minimum Gasteiger partial charge on any atom is -0.497 e. The average molecular weight is 340 g/mol. The summed E-state index contributed by atoms with van der Waals surface area (Å²) in [6.07, 6.45) is 5.26. The zero-order valence-corrected chi connectivity index (χ0v) is 14.2. The number of nitriles is 1. The number of hydrogen-bond acceptors (Lipinski definition) is 5. The molecular formula is C21H16N4O. The van der Waals surface area contributed by atoms with Gasteiger partial charge in [0, 0.05) is 23.4 Å². The molecule has 2 heterocycles. The summed E-state index contributed by atoms with van der Waals surface area (Å²) in [5, 5.41) is 9.94. The van der Waals surface area contributed by atoms with Crippen LogP contribution in [0.5, 0.6) is 5.75 Å². The van der Waals surface area contributed by atoms with E-state index in [1.807, 2.05) is 48.5 Å². The molecule has 0 saturated carbocycles. The molecule has 1 aliphatic rings. The second-order valence-electron chi connectivity index (χ2n) is 6.13. The van der Waals surface area contributed by atoms with Gasteiger partial charge in [0.1, 0.15) is 11.8 Å². The number of hydrogen-bond donors (Lipinski definition) is 1. The van der Waals surface area contributed by atoms with Crippen LogP contribution < -0.4 is 10.5 Å². The molecule has 0 amide bonds.